The Labute approximate surface area is 104 Å². The Morgan fingerprint density at radius 2 is 1.83 bits per heavy atom. The Morgan fingerprint density at radius 3 is 2.56 bits per heavy atom. The van der Waals surface area contributed by atoms with Gasteiger partial charge in [0.1, 0.15) is 11.6 Å². The minimum atomic E-state index is -0.559. The quantitative estimate of drug-likeness (QED) is 0.815. The van der Waals surface area contributed by atoms with E-state index in [1.54, 1.807) is 6.07 Å². The number of halogens is 2. The van der Waals surface area contributed by atoms with Crippen LogP contribution < -0.4 is 11.1 Å². The van der Waals surface area contributed by atoms with Crippen LogP contribution in [0.3, 0.4) is 0 Å². The molecule has 0 aliphatic rings. The third-order valence-electron chi connectivity index (χ3n) is 2.69. The molecule has 2 nitrogen and oxygen atoms in total. The van der Waals surface area contributed by atoms with Crippen LogP contribution in [0.15, 0.2) is 42.5 Å². The molecule has 0 saturated heterocycles. The molecule has 0 spiro atoms. The summed E-state index contributed by atoms with van der Waals surface area (Å²) >= 11 is 0. The molecule has 2 rings (SSSR count). The lowest BCUT2D eigenvalue weighted by Gasteiger charge is -2.09. The molecule has 0 heterocycles. The second-order valence-electron chi connectivity index (χ2n) is 4.00. The predicted octanol–water partition coefficient (Wildman–Crippen LogP) is 3.20. The fourth-order valence-electron chi connectivity index (χ4n) is 1.71. The number of nitrogen functional groups attached to an aromatic ring is 1. The first kappa shape index (κ1) is 12.4. The van der Waals surface area contributed by atoms with Gasteiger partial charge in [0.25, 0.3) is 0 Å². The molecule has 2 aromatic rings. The first-order chi connectivity index (χ1) is 8.66. The van der Waals surface area contributed by atoms with Crippen LogP contribution in [0, 0.1) is 11.6 Å². The summed E-state index contributed by atoms with van der Waals surface area (Å²) in [6.07, 6.45) is 0.473. The second kappa shape index (κ2) is 5.49. The highest BCUT2D eigenvalue weighted by Crippen LogP contribution is 2.17. The molecule has 0 unspecified atom stereocenters. The molecule has 0 aliphatic carbocycles. The zero-order valence-corrected chi connectivity index (χ0v) is 9.79. The molecule has 0 fully saturated rings. The lowest BCUT2D eigenvalue weighted by atomic mass is 10.1. The Balaban J connectivity index is 1.95. The van der Waals surface area contributed by atoms with E-state index < -0.39 is 11.6 Å². The maximum Gasteiger partial charge on any atom is 0.129 e. The van der Waals surface area contributed by atoms with E-state index in [1.165, 1.54) is 12.1 Å². The van der Waals surface area contributed by atoms with Crippen LogP contribution in [-0.2, 0) is 6.42 Å². The summed E-state index contributed by atoms with van der Waals surface area (Å²) < 4.78 is 26.1. The number of hydrogen-bond acceptors (Lipinski definition) is 2. The van der Waals surface area contributed by atoms with E-state index in [0.717, 1.165) is 11.8 Å². The lowest BCUT2D eigenvalue weighted by molar-refractivity contribution is 0.572. The predicted molar refractivity (Wildman–Crippen MR) is 69.4 cm³/mol. The molecule has 94 valence electrons. The Kier molecular flexibility index (Phi) is 3.77. The molecule has 0 bridgehead atoms. The normalized spacial score (nSPS) is 10.3. The molecular formula is C14H14F2N2. The monoisotopic (exact) mass is 248 g/mol. The highest BCUT2D eigenvalue weighted by molar-refractivity contribution is 5.65. The fraction of sp³-hybridized carbons (Fsp3) is 0.143. The third-order valence-corrected chi connectivity index (χ3v) is 2.69. The van der Waals surface area contributed by atoms with Crippen molar-refractivity contribution < 1.29 is 8.78 Å². The van der Waals surface area contributed by atoms with E-state index in [0.29, 0.717) is 24.2 Å². The summed E-state index contributed by atoms with van der Waals surface area (Å²) in [5, 5.41) is 3.12. The van der Waals surface area contributed by atoms with Gasteiger partial charge in [-0.3, -0.25) is 0 Å². The van der Waals surface area contributed by atoms with Crippen molar-refractivity contribution in [3.05, 3.63) is 59.7 Å². The SMILES string of the molecule is Nc1ccccc1NCCc1ccc(F)cc1F. The first-order valence-electron chi connectivity index (χ1n) is 5.69. The maximum absolute atomic E-state index is 13.4. The van der Waals surface area contributed by atoms with Gasteiger partial charge in [-0.25, -0.2) is 8.78 Å². The Hall–Kier alpha value is -2.10. The fourth-order valence-corrected chi connectivity index (χ4v) is 1.71. The van der Waals surface area contributed by atoms with Gasteiger partial charge in [0.05, 0.1) is 11.4 Å². The smallest absolute Gasteiger partial charge is 0.129 e. The topological polar surface area (TPSA) is 38.0 Å². The molecule has 3 N–H and O–H groups in total. The number of hydrogen-bond donors (Lipinski definition) is 2. The van der Waals surface area contributed by atoms with E-state index in [2.05, 4.69) is 5.32 Å². The first-order valence-corrected chi connectivity index (χ1v) is 5.69. The molecule has 0 aliphatic heterocycles. The van der Waals surface area contributed by atoms with Gasteiger partial charge in [-0.2, -0.15) is 0 Å². The molecular weight excluding hydrogens is 234 g/mol. The van der Waals surface area contributed by atoms with Crippen molar-refractivity contribution in [1.82, 2.24) is 0 Å². The largest absolute Gasteiger partial charge is 0.397 e. The van der Waals surface area contributed by atoms with Gasteiger partial charge in [0, 0.05) is 12.6 Å². The summed E-state index contributed by atoms with van der Waals surface area (Å²) in [6.45, 7) is 0.538. The molecule has 0 atom stereocenters. The number of nitrogens with one attached hydrogen (secondary N) is 1. The van der Waals surface area contributed by atoms with Crippen LogP contribution in [0.25, 0.3) is 0 Å². The average molecular weight is 248 g/mol. The average Bonchev–Trinajstić information content (AvgIpc) is 2.34. The summed E-state index contributed by atoms with van der Waals surface area (Å²) in [4.78, 5) is 0. The van der Waals surface area contributed by atoms with Crippen molar-refractivity contribution in [2.45, 2.75) is 6.42 Å². The van der Waals surface area contributed by atoms with E-state index in [1.807, 2.05) is 18.2 Å². The van der Waals surface area contributed by atoms with Gasteiger partial charge in [0.2, 0.25) is 0 Å². The van der Waals surface area contributed by atoms with Crippen LogP contribution in [0.2, 0.25) is 0 Å². The summed E-state index contributed by atoms with van der Waals surface area (Å²) in [5.74, 6) is -1.07. The van der Waals surface area contributed by atoms with Gasteiger partial charge in [0.15, 0.2) is 0 Å². The van der Waals surface area contributed by atoms with Gasteiger partial charge >= 0.3 is 0 Å². The van der Waals surface area contributed by atoms with E-state index in [9.17, 15) is 8.78 Å². The van der Waals surface area contributed by atoms with Crippen LogP contribution >= 0.6 is 0 Å². The van der Waals surface area contributed by atoms with Crippen LogP contribution in [-0.4, -0.2) is 6.54 Å². The zero-order valence-electron chi connectivity index (χ0n) is 9.79. The maximum atomic E-state index is 13.4. The minimum Gasteiger partial charge on any atom is -0.397 e. The number of anilines is 2. The lowest BCUT2D eigenvalue weighted by Crippen LogP contribution is -2.07. The zero-order chi connectivity index (χ0) is 13.0. The number of benzene rings is 2. The van der Waals surface area contributed by atoms with Gasteiger partial charge in [-0.1, -0.05) is 18.2 Å². The molecule has 0 aromatic heterocycles. The van der Waals surface area contributed by atoms with E-state index in [-0.39, 0.29) is 0 Å². The molecule has 2 aromatic carbocycles. The number of para-hydroxylation sites is 2. The Morgan fingerprint density at radius 1 is 1.06 bits per heavy atom. The second-order valence-corrected chi connectivity index (χ2v) is 4.00. The van der Waals surface area contributed by atoms with Crippen molar-refractivity contribution in [1.29, 1.82) is 0 Å². The van der Waals surface area contributed by atoms with Crippen molar-refractivity contribution >= 4 is 11.4 Å². The Bertz CT molecular complexity index is 541. The number of nitrogens with two attached hydrogens (primary N) is 1. The minimum absolute atomic E-state index is 0.473. The molecule has 0 radical (unpaired) electrons. The highest BCUT2D eigenvalue weighted by Gasteiger charge is 2.03. The third kappa shape index (κ3) is 2.97. The van der Waals surface area contributed by atoms with Crippen LogP contribution in [0.4, 0.5) is 20.2 Å². The summed E-state index contributed by atoms with van der Waals surface area (Å²) in [7, 11) is 0. The van der Waals surface area contributed by atoms with E-state index in [4.69, 9.17) is 5.73 Å². The van der Waals surface area contributed by atoms with Gasteiger partial charge in [-0.05, 0) is 30.2 Å². The van der Waals surface area contributed by atoms with Crippen molar-refractivity contribution in [2.24, 2.45) is 0 Å². The molecule has 0 amide bonds. The van der Waals surface area contributed by atoms with Gasteiger partial charge < -0.3 is 11.1 Å². The summed E-state index contributed by atoms with van der Waals surface area (Å²) in [6, 6.07) is 11.0. The van der Waals surface area contributed by atoms with Crippen LogP contribution in [0.1, 0.15) is 5.56 Å². The highest BCUT2D eigenvalue weighted by atomic mass is 19.1. The molecule has 0 saturated carbocycles. The van der Waals surface area contributed by atoms with Crippen LogP contribution in [0.5, 0.6) is 0 Å². The van der Waals surface area contributed by atoms with E-state index >= 15 is 0 Å². The standard InChI is InChI=1S/C14H14F2N2/c15-11-6-5-10(12(16)9-11)7-8-18-14-4-2-1-3-13(14)17/h1-6,9,18H,7-8,17H2. The summed E-state index contributed by atoms with van der Waals surface area (Å²) in [5.41, 5.74) is 7.72. The van der Waals surface area contributed by atoms with Crippen molar-refractivity contribution in [3.8, 4) is 0 Å². The number of rotatable bonds is 4. The van der Waals surface area contributed by atoms with Crippen molar-refractivity contribution in [2.75, 3.05) is 17.6 Å². The molecule has 4 heteroatoms. The molecule has 18 heavy (non-hydrogen) atoms. The van der Waals surface area contributed by atoms with Crippen molar-refractivity contribution in [3.63, 3.8) is 0 Å². The van der Waals surface area contributed by atoms with Gasteiger partial charge in [-0.15, -0.1) is 0 Å².